The van der Waals surface area contributed by atoms with Crippen LogP contribution in [0, 0.1) is 23.7 Å². The van der Waals surface area contributed by atoms with Crippen LogP contribution in [0.3, 0.4) is 0 Å². The lowest BCUT2D eigenvalue weighted by Gasteiger charge is -2.37. The molecule has 1 saturated carbocycles. The van der Waals surface area contributed by atoms with Gasteiger partial charge in [-0.25, -0.2) is 4.79 Å². The van der Waals surface area contributed by atoms with Gasteiger partial charge in [0.05, 0.1) is 5.92 Å². The van der Waals surface area contributed by atoms with Gasteiger partial charge in [0.2, 0.25) is 0 Å². The molecular formula is C17H30N2O3. The lowest BCUT2D eigenvalue weighted by atomic mass is 9.79. The molecule has 0 bridgehead atoms. The van der Waals surface area contributed by atoms with Crippen LogP contribution in [0.4, 0.5) is 4.79 Å². The lowest BCUT2D eigenvalue weighted by molar-refractivity contribution is -0.143. The largest absolute Gasteiger partial charge is 0.481 e. The van der Waals surface area contributed by atoms with Gasteiger partial charge >= 0.3 is 12.0 Å². The summed E-state index contributed by atoms with van der Waals surface area (Å²) in [6.45, 7) is 7.37. The summed E-state index contributed by atoms with van der Waals surface area (Å²) in [5.74, 6) is 0.304. The number of carboxylic acids is 1. The Hall–Kier alpha value is -1.26. The predicted molar refractivity (Wildman–Crippen MR) is 85.6 cm³/mol. The van der Waals surface area contributed by atoms with Crippen molar-refractivity contribution in [2.45, 2.75) is 58.9 Å². The van der Waals surface area contributed by atoms with Crippen LogP contribution in [0.2, 0.25) is 0 Å². The van der Waals surface area contributed by atoms with E-state index in [0.29, 0.717) is 25.4 Å². The number of nitrogens with zero attached hydrogens (tertiary/aromatic N) is 1. The van der Waals surface area contributed by atoms with E-state index < -0.39 is 11.9 Å². The number of piperidine rings is 1. The molecule has 22 heavy (non-hydrogen) atoms. The van der Waals surface area contributed by atoms with Gasteiger partial charge in [-0.05, 0) is 43.9 Å². The number of likely N-dealkylation sites (tertiary alicyclic amines) is 1. The lowest BCUT2D eigenvalue weighted by Crippen LogP contribution is -2.52. The van der Waals surface area contributed by atoms with Crippen molar-refractivity contribution in [3.05, 3.63) is 0 Å². The number of aliphatic carboxylic acids is 1. The molecule has 4 unspecified atom stereocenters. The Morgan fingerprint density at radius 3 is 2.50 bits per heavy atom. The number of amides is 2. The van der Waals surface area contributed by atoms with Crippen molar-refractivity contribution in [1.82, 2.24) is 10.2 Å². The second-order valence-electron chi connectivity index (χ2n) is 7.55. The first-order valence-electron chi connectivity index (χ1n) is 8.65. The van der Waals surface area contributed by atoms with E-state index in [2.05, 4.69) is 19.2 Å². The average molecular weight is 310 g/mol. The number of rotatable bonds is 3. The molecule has 1 saturated heterocycles. The highest BCUT2D eigenvalue weighted by atomic mass is 16.4. The zero-order chi connectivity index (χ0) is 16.3. The van der Waals surface area contributed by atoms with E-state index in [1.165, 1.54) is 25.7 Å². The zero-order valence-electron chi connectivity index (χ0n) is 14.0. The third-order valence-electron chi connectivity index (χ3n) is 5.33. The maximum absolute atomic E-state index is 12.5. The summed E-state index contributed by atoms with van der Waals surface area (Å²) in [4.78, 5) is 25.4. The molecule has 0 spiro atoms. The highest BCUT2D eigenvalue weighted by Gasteiger charge is 2.33. The topological polar surface area (TPSA) is 69.6 Å². The summed E-state index contributed by atoms with van der Waals surface area (Å²) in [5.41, 5.74) is 0. The summed E-state index contributed by atoms with van der Waals surface area (Å²) in [6, 6.07) is 0.0688. The minimum atomic E-state index is -0.793. The molecule has 0 aromatic carbocycles. The summed E-state index contributed by atoms with van der Waals surface area (Å²) in [7, 11) is 0. The van der Waals surface area contributed by atoms with Gasteiger partial charge < -0.3 is 15.3 Å². The molecule has 1 aliphatic carbocycles. The van der Waals surface area contributed by atoms with E-state index in [4.69, 9.17) is 0 Å². The first-order chi connectivity index (χ1) is 10.4. The van der Waals surface area contributed by atoms with E-state index in [9.17, 15) is 14.7 Å². The molecule has 0 radical (unpaired) electrons. The van der Waals surface area contributed by atoms with Gasteiger partial charge in [-0.1, -0.05) is 26.7 Å². The van der Waals surface area contributed by atoms with Crippen LogP contribution >= 0.6 is 0 Å². The Bertz CT molecular complexity index is 413. The van der Waals surface area contributed by atoms with E-state index in [-0.39, 0.29) is 18.0 Å². The van der Waals surface area contributed by atoms with Gasteiger partial charge in [-0.3, -0.25) is 4.79 Å². The Kier molecular flexibility index (Phi) is 5.70. The molecule has 5 heteroatoms. The number of hydrogen-bond donors (Lipinski definition) is 2. The van der Waals surface area contributed by atoms with Gasteiger partial charge in [0.25, 0.3) is 0 Å². The zero-order valence-corrected chi connectivity index (χ0v) is 14.0. The third-order valence-corrected chi connectivity index (χ3v) is 5.33. The molecule has 1 aliphatic heterocycles. The SMILES string of the molecule is CC1CCCC([C@H](C)NC(=O)N2CC(C)CC(C(=O)O)C2)C1. The molecule has 2 N–H and O–H groups in total. The Morgan fingerprint density at radius 2 is 1.86 bits per heavy atom. The van der Waals surface area contributed by atoms with Crippen LogP contribution < -0.4 is 5.32 Å². The molecule has 126 valence electrons. The monoisotopic (exact) mass is 310 g/mol. The Labute approximate surface area is 133 Å². The molecule has 2 aliphatic rings. The molecule has 5 atom stereocenters. The maximum Gasteiger partial charge on any atom is 0.317 e. The van der Waals surface area contributed by atoms with Crippen molar-refractivity contribution in [3.8, 4) is 0 Å². The molecule has 2 rings (SSSR count). The standard InChI is InChI=1S/C17H30N2O3/c1-11-5-4-6-14(7-11)13(3)18-17(22)19-9-12(2)8-15(10-19)16(20)21/h11-15H,4-10H2,1-3H3,(H,18,22)(H,20,21)/t11?,12?,13-,14?,15?/m0/s1. The Morgan fingerprint density at radius 1 is 1.14 bits per heavy atom. The summed E-state index contributed by atoms with van der Waals surface area (Å²) < 4.78 is 0. The number of hydrogen-bond acceptors (Lipinski definition) is 2. The average Bonchev–Trinajstić information content (AvgIpc) is 2.46. The van der Waals surface area contributed by atoms with Crippen LogP contribution in [0.5, 0.6) is 0 Å². The van der Waals surface area contributed by atoms with Gasteiger partial charge in [-0.15, -0.1) is 0 Å². The van der Waals surface area contributed by atoms with Crippen molar-refractivity contribution in [3.63, 3.8) is 0 Å². The van der Waals surface area contributed by atoms with Gasteiger partial charge in [-0.2, -0.15) is 0 Å². The minimum absolute atomic E-state index is 0.0940. The summed E-state index contributed by atoms with van der Waals surface area (Å²) in [5, 5.41) is 12.3. The van der Waals surface area contributed by atoms with E-state index in [1.807, 2.05) is 6.92 Å². The highest BCUT2D eigenvalue weighted by Crippen LogP contribution is 2.31. The van der Waals surface area contributed by atoms with Crippen LogP contribution in [0.15, 0.2) is 0 Å². The number of carbonyl (C=O) groups is 2. The van der Waals surface area contributed by atoms with Crippen LogP contribution in [-0.2, 0) is 4.79 Å². The van der Waals surface area contributed by atoms with Crippen molar-refractivity contribution >= 4 is 12.0 Å². The Balaban J connectivity index is 1.89. The van der Waals surface area contributed by atoms with Gasteiger partial charge in [0.15, 0.2) is 0 Å². The quantitative estimate of drug-likeness (QED) is 0.842. The summed E-state index contributed by atoms with van der Waals surface area (Å²) >= 11 is 0. The van der Waals surface area contributed by atoms with E-state index in [0.717, 1.165) is 5.92 Å². The first-order valence-corrected chi connectivity index (χ1v) is 8.65. The molecule has 0 aromatic heterocycles. The fourth-order valence-corrected chi connectivity index (χ4v) is 4.04. The van der Waals surface area contributed by atoms with Gasteiger partial charge in [0, 0.05) is 19.1 Å². The normalized spacial score (nSPS) is 34.0. The maximum atomic E-state index is 12.5. The van der Waals surface area contributed by atoms with Crippen LogP contribution in [0.25, 0.3) is 0 Å². The third kappa shape index (κ3) is 4.37. The fraction of sp³-hybridized carbons (Fsp3) is 0.882. The number of carboxylic acid groups (broad SMARTS) is 1. The van der Waals surface area contributed by atoms with Crippen LogP contribution in [-0.4, -0.2) is 41.1 Å². The number of urea groups is 1. The van der Waals surface area contributed by atoms with E-state index >= 15 is 0 Å². The summed E-state index contributed by atoms with van der Waals surface area (Å²) in [6.07, 6.45) is 5.55. The molecule has 5 nitrogen and oxygen atoms in total. The minimum Gasteiger partial charge on any atom is -0.481 e. The first kappa shape index (κ1) is 17.1. The number of nitrogens with one attached hydrogen (secondary N) is 1. The molecule has 2 amide bonds. The second-order valence-corrected chi connectivity index (χ2v) is 7.55. The fourth-order valence-electron chi connectivity index (χ4n) is 4.04. The molecule has 1 heterocycles. The molecule has 0 aromatic rings. The smallest absolute Gasteiger partial charge is 0.317 e. The molecule has 2 fully saturated rings. The molecular weight excluding hydrogens is 280 g/mol. The second kappa shape index (κ2) is 7.34. The van der Waals surface area contributed by atoms with Crippen molar-refractivity contribution in [2.75, 3.05) is 13.1 Å². The van der Waals surface area contributed by atoms with Gasteiger partial charge in [0.1, 0.15) is 0 Å². The van der Waals surface area contributed by atoms with E-state index in [1.54, 1.807) is 4.90 Å². The van der Waals surface area contributed by atoms with Crippen molar-refractivity contribution < 1.29 is 14.7 Å². The van der Waals surface area contributed by atoms with Crippen molar-refractivity contribution in [2.24, 2.45) is 23.7 Å². The highest BCUT2D eigenvalue weighted by molar-refractivity contribution is 5.76. The predicted octanol–water partition coefficient (Wildman–Crippen LogP) is 2.95. The van der Waals surface area contributed by atoms with Crippen LogP contribution in [0.1, 0.15) is 52.9 Å². The number of carbonyl (C=O) groups excluding carboxylic acids is 1. The van der Waals surface area contributed by atoms with Crippen molar-refractivity contribution in [1.29, 1.82) is 0 Å².